The second kappa shape index (κ2) is 6.76. The molecule has 1 atom stereocenters. The summed E-state index contributed by atoms with van der Waals surface area (Å²) in [4.78, 5) is 16.0. The quantitative estimate of drug-likeness (QED) is 0.715. The third-order valence-electron chi connectivity index (χ3n) is 4.15. The van der Waals surface area contributed by atoms with Crippen molar-refractivity contribution < 1.29 is 9.18 Å². The topological polar surface area (TPSA) is 60.7 Å². The Morgan fingerprint density at radius 2 is 1.84 bits per heavy atom. The zero-order valence-corrected chi connectivity index (χ0v) is 14.1. The van der Waals surface area contributed by atoms with E-state index in [9.17, 15) is 9.18 Å². The van der Waals surface area contributed by atoms with E-state index in [1.165, 1.54) is 23.9 Å². The van der Waals surface area contributed by atoms with E-state index in [0.29, 0.717) is 17.4 Å². The number of carbonyl (C=O) groups is 1. The van der Waals surface area contributed by atoms with Gasteiger partial charge in [0.05, 0.1) is 5.25 Å². The van der Waals surface area contributed by atoms with Gasteiger partial charge in [-0.05, 0) is 49.2 Å². The van der Waals surface area contributed by atoms with Gasteiger partial charge in [0.15, 0.2) is 11.0 Å². The van der Waals surface area contributed by atoms with Crippen LogP contribution in [0.15, 0.2) is 53.9 Å². The van der Waals surface area contributed by atoms with Crippen LogP contribution >= 0.6 is 11.8 Å². The first kappa shape index (κ1) is 16.0. The van der Waals surface area contributed by atoms with E-state index < -0.39 is 0 Å². The van der Waals surface area contributed by atoms with Gasteiger partial charge in [-0.15, -0.1) is 10.2 Å². The highest BCUT2D eigenvalue weighted by Crippen LogP contribution is 2.35. The molecule has 126 valence electrons. The number of halogens is 1. The van der Waals surface area contributed by atoms with Crippen LogP contribution in [0.5, 0.6) is 0 Å². The number of pyridine rings is 1. The van der Waals surface area contributed by atoms with Gasteiger partial charge in [-0.1, -0.05) is 11.8 Å². The maximum atomic E-state index is 13.3. The summed E-state index contributed by atoms with van der Waals surface area (Å²) in [6.45, 7) is 0. The van der Waals surface area contributed by atoms with Crippen LogP contribution in [0, 0.1) is 5.82 Å². The largest absolute Gasteiger partial charge is 0.298 e. The highest BCUT2D eigenvalue weighted by molar-refractivity contribution is 8.00. The first-order chi connectivity index (χ1) is 12.2. The van der Waals surface area contributed by atoms with Crippen molar-refractivity contribution >= 4 is 17.5 Å². The van der Waals surface area contributed by atoms with Gasteiger partial charge in [0.1, 0.15) is 11.6 Å². The van der Waals surface area contributed by atoms with Gasteiger partial charge in [0.2, 0.25) is 0 Å². The van der Waals surface area contributed by atoms with Crippen molar-refractivity contribution in [3.05, 3.63) is 54.6 Å². The first-order valence-electron chi connectivity index (χ1n) is 8.03. The molecule has 1 unspecified atom stereocenters. The van der Waals surface area contributed by atoms with Crippen molar-refractivity contribution in [2.75, 3.05) is 0 Å². The Balaban J connectivity index is 1.80. The number of nitrogens with zero attached hydrogens (tertiary/aromatic N) is 4. The fourth-order valence-corrected chi connectivity index (χ4v) is 4.07. The highest BCUT2D eigenvalue weighted by Gasteiger charge is 2.28. The molecule has 3 aromatic rings. The summed E-state index contributed by atoms with van der Waals surface area (Å²) in [5.41, 5.74) is 1.61. The Morgan fingerprint density at radius 3 is 2.52 bits per heavy atom. The minimum Gasteiger partial charge on any atom is -0.298 e. The fourth-order valence-electron chi connectivity index (χ4n) is 2.89. The van der Waals surface area contributed by atoms with Crippen LogP contribution in [0.1, 0.15) is 19.3 Å². The van der Waals surface area contributed by atoms with E-state index in [2.05, 4.69) is 15.2 Å². The minimum atomic E-state index is -0.303. The molecule has 0 amide bonds. The fraction of sp³-hybridized carbons (Fsp3) is 0.222. The van der Waals surface area contributed by atoms with Crippen LogP contribution in [0.25, 0.3) is 17.1 Å². The molecule has 0 bridgehead atoms. The molecule has 0 radical (unpaired) electrons. The predicted octanol–water partition coefficient (Wildman–Crippen LogP) is 3.68. The molecule has 4 rings (SSSR count). The lowest BCUT2D eigenvalue weighted by molar-refractivity contribution is -0.116. The Labute approximate surface area is 148 Å². The van der Waals surface area contributed by atoms with Gasteiger partial charge in [0.25, 0.3) is 0 Å². The molecule has 1 aliphatic rings. The molecule has 25 heavy (non-hydrogen) atoms. The van der Waals surface area contributed by atoms with Gasteiger partial charge in [-0.2, -0.15) is 0 Å². The third-order valence-corrected chi connectivity index (χ3v) is 5.41. The molecular formula is C18H15FN4OS. The molecule has 2 heterocycles. The average Bonchev–Trinajstić information content (AvgIpc) is 3.24. The molecule has 0 aliphatic heterocycles. The van der Waals surface area contributed by atoms with Crippen LogP contribution in [0.3, 0.4) is 0 Å². The number of thioether (sulfide) groups is 1. The Morgan fingerprint density at radius 1 is 1.08 bits per heavy atom. The standard InChI is InChI=1S/C18H15FN4OS/c19-13-4-6-14(7-5-13)23-17(12-8-10-20-11-9-12)21-22-18(23)25-16-3-1-2-15(16)24/h4-11,16H,1-3H2. The van der Waals surface area contributed by atoms with E-state index in [-0.39, 0.29) is 16.9 Å². The number of aromatic nitrogens is 4. The lowest BCUT2D eigenvalue weighted by atomic mass is 10.2. The van der Waals surface area contributed by atoms with E-state index >= 15 is 0 Å². The number of benzene rings is 1. The normalized spacial score (nSPS) is 17.2. The molecule has 1 saturated carbocycles. The Bertz CT molecular complexity index is 895. The van der Waals surface area contributed by atoms with Gasteiger partial charge in [-0.25, -0.2) is 4.39 Å². The summed E-state index contributed by atoms with van der Waals surface area (Å²) >= 11 is 1.43. The predicted molar refractivity (Wildman–Crippen MR) is 93.1 cm³/mol. The SMILES string of the molecule is O=C1CCCC1Sc1nnc(-c2ccncc2)n1-c1ccc(F)cc1. The molecule has 1 aromatic carbocycles. The van der Waals surface area contributed by atoms with Gasteiger partial charge in [0, 0.05) is 30.1 Å². The summed E-state index contributed by atoms with van der Waals surface area (Å²) in [6.07, 6.45) is 5.76. The van der Waals surface area contributed by atoms with Gasteiger partial charge < -0.3 is 0 Å². The number of ketones is 1. The molecule has 5 nitrogen and oxygen atoms in total. The lowest BCUT2D eigenvalue weighted by Gasteiger charge is -2.12. The molecule has 7 heteroatoms. The molecule has 0 saturated heterocycles. The zero-order chi connectivity index (χ0) is 17.2. The van der Waals surface area contributed by atoms with E-state index in [1.54, 1.807) is 24.5 Å². The second-order valence-electron chi connectivity index (χ2n) is 5.82. The number of hydrogen-bond acceptors (Lipinski definition) is 5. The van der Waals surface area contributed by atoms with Crippen molar-refractivity contribution in [3.63, 3.8) is 0 Å². The van der Waals surface area contributed by atoms with Crippen molar-refractivity contribution in [2.45, 2.75) is 29.7 Å². The van der Waals surface area contributed by atoms with E-state index in [1.807, 2.05) is 16.7 Å². The Hall–Kier alpha value is -2.54. The van der Waals surface area contributed by atoms with Crippen molar-refractivity contribution in [2.24, 2.45) is 0 Å². The first-order valence-corrected chi connectivity index (χ1v) is 8.91. The van der Waals surface area contributed by atoms with Crippen LogP contribution in [-0.4, -0.2) is 30.8 Å². The summed E-state index contributed by atoms with van der Waals surface area (Å²) in [7, 11) is 0. The average molecular weight is 354 g/mol. The maximum absolute atomic E-state index is 13.3. The molecule has 0 N–H and O–H groups in total. The van der Waals surface area contributed by atoms with Gasteiger partial charge in [-0.3, -0.25) is 14.3 Å². The van der Waals surface area contributed by atoms with Crippen LogP contribution in [0.4, 0.5) is 4.39 Å². The molecule has 0 spiro atoms. The second-order valence-corrected chi connectivity index (χ2v) is 6.99. The van der Waals surface area contributed by atoms with Crippen LogP contribution < -0.4 is 0 Å². The lowest BCUT2D eigenvalue weighted by Crippen LogP contribution is -2.10. The monoisotopic (exact) mass is 354 g/mol. The van der Waals surface area contributed by atoms with Crippen LogP contribution in [0.2, 0.25) is 0 Å². The summed E-state index contributed by atoms with van der Waals surface area (Å²) < 4.78 is 15.2. The molecular weight excluding hydrogens is 339 g/mol. The van der Waals surface area contributed by atoms with E-state index in [0.717, 1.165) is 24.1 Å². The maximum Gasteiger partial charge on any atom is 0.196 e. The number of Topliss-reactive ketones (excluding diaryl/α,β-unsaturated/α-hetero) is 1. The van der Waals surface area contributed by atoms with Crippen molar-refractivity contribution in [3.8, 4) is 17.1 Å². The molecule has 1 fully saturated rings. The zero-order valence-electron chi connectivity index (χ0n) is 13.3. The molecule has 1 aliphatic carbocycles. The smallest absolute Gasteiger partial charge is 0.196 e. The number of rotatable bonds is 4. The Kier molecular flexibility index (Phi) is 4.31. The van der Waals surface area contributed by atoms with Crippen LogP contribution in [-0.2, 0) is 4.79 Å². The molecule has 2 aromatic heterocycles. The highest BCUT2D eigenvalue weighted by atomic mass is 32.2. The van der Waals surface area contributed by atoms with Crippen molar-refractivity contribution in [1.82, 2.24) is 19.7 Å². The van der Waals surface area contributed by atoms with Crippen molar-refractivity contribution in [1.29, 1.82) is 0 Å². The van der Waals surface area contributed by atoms with Gasteiger partial charge >= 0.3 is 0 Å². The number of carbonyl (C=O) groups excluding carboxylic acids is 1. The number of hydrogen-bond donors (Lipinski definition) is 0. The summed E-state index contributed by atoms with van der Waals surface area (Å²) in [5, 5.41) is 9.16. The third kappa shape index (κ3) is 3.19. The minimum absolute atomic E-state index is 0.0892. The summed E-state index contributed by atoms with van der Waals surface area (Å²) in [5.74, 6) is 0.591. The van der Waals surface area contributed by atoms with E-state index in [4.69, 9.17) is 0 Å². The summed E-state index contributed by atoms with van der Waals surface area (Å²) in [6, 6.07) is 9.87.